The van der Waals surface area contributed by atoms with Gasteiger partial charge in [0.1, 0.15) is 0 Å². The number of aryl methyl sites for hydroxylation is 1. The Balaban J connectivity index is 1.64. The van der Waals surface area contributed by atoms with E-state index in [1.54, 1.807) is 36.4 Å². The smallest absolute Gasteiger partial charge is 0.264 e. The van der Waals surface area contributed by atoms with Crippen LogP contribution < -0.4 is 10.5 Å². The zero-order valence-electron chi connectivity index (χ0n) is 17.5. The summed E-state index contributed by atoms with van der Waals surface area (Å²) in [4.78, 5) is 17.5. The molecule has 0 aliphatic carbocycles. The number of nitrogens with one attached hydrogen (secondary N) is 1. The van der Waals surface area contributed by atoms with Gasteiger partial charge in [0, 0.05) is 17.1 Å². The molecular formula is C22H18Cl2N4O3S2. The van der Waals surface area contributed by atoms with Crippen LogP contribution in [0.3, 0.4) is 0 Å². The number of carbonyl (C=O) groups excluding carboxylic acids is 1. The number of benzene rings is 2. The molecule has 1 aliphatic heterocycles. The fraction of sp³-hybridized carbons (Fsp3) is 0.0909. The second-order valence-corrected chi connectivity index (χ2v) is 10.6. The van der Waals surface area contributed by atoms with Crippen LogP contribution in [0.5, 0.6) is 0 Å². The first-order valence-electron chi connectivity index (χ1n) is 9.60. The number of hydrogen-bond acceptors (Lipinski definition) is 5. The number of aliphatic imine (C=N–C) groups is 1. The Labute approximate surface area is 205 Å². The first kappa shape index (κ1) is 23.6. The van der Waals surface area contributed by atoms with E-state index in [-0.39, 0.29) is 10.8 Å². The second-order valence-electron chi connectivity index (χ2n) is 7.26. The molecule has 0 bridgehead atoms. The average molecular weight is 521 g/mol. The van der Waals surface area contributed by atoms with E-state index in [0.29, 0.717) is 25.8 Å². The summed E-state index contributed by atoms with van der Waals surface area (Å²) in [6.45, 7) is 3.85. The molecule has 1 aromatic heterocycles. The number of nitrogens with zero attached hydrogens (tertiary/aromatic N) is 2. The number of carbonyl (C=O) groups is 1. The van der Waals surface area contributed by atoms with Crippen LogP contribution in [0.2, 0.25) is 10.0 Å². The minimum Gasteiger partial charge on any atom is -0.318 e. The molecule has 4 rings (SSSR count). The summed E-state index contributed by atoms with van der Waals surface area (Å²) in [6.07, 6.45) is 1.79. The lowest BCUT2D eigenvalue weighted by Gasteiger charge is -2.10. The van der Waals surface area contributed by atoms with Gasteiger partial charge in [0.2, 0.25) is 10.0 Å². The first-order valence-corrected chi connectivity index (χ1v) is 12.7. The maximum absolute atomic E-state index is 12.5. The molecule has 1 amide bonds. The van der Waals surface area contributed by atoms with Crippen LogP contribution in [-0.4, -0.2) is 24.1 Å². The Hall–Kier alpha value is -2.56. The number of amidine groups is 1. The molecular weight excluding hydrogens is 503 g/mol. The van der Waals surface area contributed by atoms with Gasteiger partial charge in [-0.05, 0) is 79.7 Å². The molecule has 33 heavy (non-hydrogen) atoms. The van der Waals surface area contributed by atoms with Gasteiger partial charge in [-0.2, -0.15) is 0 Å². The Bertz CT molecular complexity index is 1440. The van der Waals surface area contributed by atoms with Gasteiger partial charge in [-0.25, -0.2) is 18.5 Å². The van der Waals surface area contributed by atoms with Gasteiger partial charge in [0.05, 0.1) is 25.5 Å². The first-order chi connectivity index (χ1) is 15.5. The number of hydrogen-bond donors (Lipinski definition) is 2. The van der Waals surface area contributed by atoms with E-state index in [4.69, 9.17) is 28.3 Å². The molecule has 0 atom stereocenters. The quantitative estimate of drug-likeness (QED) is 0.475. The number of amides is 1. The van der Waals surface area contributed by atoms with Gasteiger partial charge in [-0.3, -0.25) is 4.79 Å². The van der Waals surface area contributed by atoms with Gasteiger partial charge in [0.25, 0.3) is 5.91 Å². The molecule has 170 valence electrons. The zero-order chi connectivity index (χ0) is 23.9. The van der Waals surface area contributed by atoms with Gasteiger partial charge in [-0.1, -0.05) is 29.3 Å². The third-order valence-corrected chi connectivity index (χ3v) is 7.63. The van der Waals surface area contributed by atoms with Crippen molar-refractivity contribution in [2.24, 2.45) is 10.1 Å². The molecule has 1 fully saturated rings. The molecule has 0 spiro atoms. The van der Waals surface area contributed by atoms with Crippen LogP contribution in [0.1, 0.15) is 17.0 Å². The Kier molecular flexibility index (Phi) is 6.43. The molecule has 7 nitrogen and oxygen atoms in total. The van der Waals surface area contributed by atoms with Crippen molar-refractivity contribution >= 4 is 67.8 Å². The second kappa shape index (κ2) is 9.00. The highest BCUT2D eigenvalue weighted by atomic mass is 35.5. The Morgan fingerprint density at radius 3 is 2.48 bits per heavy atom. The van der Waals surface area contributed by atoms with E-state index in [2.05, 4.69) is 10.3 Å². The number of rotatable bonds is 4. The van der Waals surface area contributed by atoms with E-state index in [0.717, 1.165) is 22.6 Å². The minimum absolute atomic E-state index is 0.0432. The Morgan fingerprint density at radius 1 is 1.12 bits per heavy atom. The van der Waals surface area contributed by atoms with E-state index in [1.165, 1.54) is 23.9 Å². The van der Waals surface area contributed by atoms with Gasteiger partial charge in [-0.15, -0.1) is 0 Å². The van der Waals surface area contributed by atoms with E-state index >= 15 is 0 Å². The summed E-state index contributed by atoms with van der Waals surface area (Å²) in [7, 11) is -3.76. The van der Waals surface area contributed by atoms with Crippen LogP contribution in [0.25, 0.3) is 11.8 Å². The molecule has 2 heterocycles. The summed E-state index contributed by atoms with van der Waals surface area (Å²) in [5.41, 5.74) is 3.91. The fourth-order valence-electron chi connectivity index (χ4n) is 3.43. The van der Waals surface area contributed by atoms with Crippen molar-refractivity contribution < 1.29 is 13.2 Å². The van der Waals surface area contributed by atoms with Crippen molar-refractivity contribution in [2.45, 2.75) is 18.7 Å². The summed E-state index contributed by atoms with van der Waals surface area (Å²) >= 11 is 13.4. The van der Waals surface area contributed by atoms with Crippen molar-refractivity contribution in [3.8, 4) is 5.69 Å². The summed E-state index contributed by atoms with van der Waals surface area (Å²) < 4.78 is 25.0. The number of halogens is 2. The fourth-order valence-corrected chi connectivity index (χ4v) is 5.10. The van der Waals surface area contributed by atoms with Crippen LogP contribution >= 0.6 is 35.0 Å². The van der Waals surface area contributed by atoms with E-state index < -0.39 is 10.0 Å². The maximum Gasteiger partial charge on any atom is 0.264 e. The lowest BCUT2D eigenvalue weighted by molar-refractivity contribution is -0.115. The van der Waals surface area contributed by atoms with Crippen molar-refractivity contribution in [3.63, 3.8) is 0 Å². The summed E-state index contributed by atoms with van der Waals surface area (Å²) in [5, 5.41) is 9.03. The molecule has 0 radical (unpaired) electrons. The number of nitrogens with two attached hydrogens (primary N) is 1. The highest BCUT2D eigenvalue weighted by molar-refractivity contribution is 8.18. The molecule has 2 aromatic carbocycles. The minimum atomic E-state index is -3.76. The third-order valence-electron chi connectivity index (χ3n) is 4.98. The molecule has 0 unspecified atom stereocenters. The lowest BCUT2D eigenvalue weighted by Crippen LogP contribution is -2.19. The monoisotopic (exact) mass is 520 g/mol. The van der Waals surface area contributed by atoms with Crippen molar-refractivity contribution in [1.29, 1.82) is 0 Å². The highest BCUT2D eigenvalue weighted by Gasteiger charge is 2.25. The molecule has 3 N–H and O–H groups in total. The standard InChI is InChI=1S/C22H18Cl2N4O3S2/c1-12-10-14(13(2)28(12)15-6-8-16(9-7-15)33(25,30)31)11-19-21(29)27-22(32-19)26-18-5-3-4-17(23)20(18)24/h3-11H,1-2H3,(H2,25,30,31)(H,26,27,29)/b19-11-. The largest absolute Gasteiger partial charge is 0.318 e. The highest BCUT2D eigenvalue weighted by Crippen LogP contribution is 2.35. The van der Waals surface area contributed by atoms with Crippen molar-refractivity contribution in [1.82, 2.24) is 9.88 Å². The number of thioether (sulfide) groups is 1. The van der Waals surface area contributed by atoms with Crippen LogP contribution in [0.4, 0.5) is 5.69 Å². The maximum atomic E-state index is 12.5. The molecule has 11 heteroatoms. The molecule has 0 saturated carbocycles. The third kappa shape index (κ3) is 4.87. The topological polar surface area (TPSA) is 107 Å². The summed E-state index contributed by atoms with van der Waals surface area (Å²) in [5.74, 6) is -0.265. The summed E-state index contributed by atoms with van der Waals surface area (Å²) in [6, 6.07) is 13.4. The predicted molar refractivity (Wildman–Crippen MR) is 134 cm³/mol. The molecule has 1 saturated heterocycles. The number of primary sulfonamides is 1. The lowest BCUT2D eigenvalue weighted by atomic mass is 10.2. The normalized spacial score (nSPS) is 16.6. The number of aromatic nitrogens is 1. The van der Waals surface area contributed by atoms with Gasteiger partial charge < -0.3 is 9.88 Å². The SMILES string of the molecule is Cc1cc(/C=C2\SC(=Nc3cccc(Cl)c3Cl)NC2=O)c(C)n1-c1ccc(S(N)(=O)=O)cc1. The average Bonchev–Trinajstić information content (AvgIpc) is 3.23. The molecule has 1 aliphatic rings. The van der Waals surface area contributed by atoms with Crippen LogP contribution in [-0.2, 0) is 14.8 Å². The predicted octanol–water partition coefficient (Wildman–Crippen LogP) is 4.94. The van der Waals surface area contributed by atoms with Gasteiger partial charge in [0.15, 0.2) is 5.17 Å². The zero-order valence-corrected chi connectivity index (χ0v) is 20.6. The van der Waals surface area contributed by atoms with Crippen LogP contribution in [0, 0.1) is 13.8 Å². The Morgan fingerprint density at radius 2 is 1.82 bits per heavy atom. The van der Waals surface area contributed by atoms with Crippen molar-refractivity contribution in [3.05, 3.63) is 80.4 Å². The van der Waals surface area contributed by atoms with E-state index in [9.17, 15) is 13.2 Å². The molecule has 3 aromatic rings. The van der Waals surface area contributed by atoms with Gasteiger partial charge >= 0.3 is 0 Å². The van der Waals surface area contributed by atoms with Crippen molar-refractivity contribution in [2.75, 3.05) is 0 Å². The number of sulfonamides is 1. The van der Waals surface area contributed by atoms with Crippen LogP contribution in [0.15, 0.2) is 63.3 Å². The van der Waals surface area contributed by atoms with E-state index in [1.807, 2.05) is 24.5 Å².